The summed E-state index contributed by atoms with van der Waals surface area (Å²) in [5.74, 6) is 2.68. The minimum atomic E-state index is -4.64. The quantitative estimate of drug-likeness (QED) is 0.377. The van der Waals surface area contributed by atoms with Crippen LogP contribution in [-0.4, -0.2) is 26.2 Å². The van der Waals surface area contributed by atoms with Crippen molar-refractivity contribution in [2.75, 3.05) is 11.5 Å². The Hall–Kier alpha value is 0.810. The molecule has 0 bridgehead atoms. The molecule has 0 amide bonds. The van der Waals surface area contributed by atoms with Gasteiger partial charge in [0.15, 0.2) is 0 Å². The van der Waals surface area contributed by atoms with Gasteiger partial charge in [-0.3, -0.25) is 0 Å². The van der Waals surface area contributed by atoms with Gasteiger partial charge in [0, 0.05) is 11.5 Å². The first-order chi connectivity index (χ1) is 6.91. The largest absolute Gasteiger partial charge is 0.466 e. The summed E-state index contributed by atoms with van der Waals surface area (Å²) in [6.45, 7) is 4.49. The molecule has 0 aromatic heterocycles. The van der Waals surface area contributed by atoms with Crippen LogP contribution in [0.3, 0.4) is 0 Å². The summed E-state index contributed by atoms with van der Waals surface area (Å²) in [6.07, 6.45) is 5.43. The van der Waals surface area contributed by atoms with Crippen LogP contribution in [0.2, 0.25) is 0 Å². The van der Waals surface area contributed by atoms with Gasteiger partial charge in [0.05, 0.1) is 0 Å². The molecule has 15 heavy (non-hydrogen) atoms. The van der Waals surface area contributed by atoms with E-state index in [0.717, 1.165) is 0 Å². The highest BCUT2D eigenvalue weighted by atomic mass is 33.1. The van der Waals surface area contributed by atoms with Crippen LogP contribution in [0.25, 0.3) is 0 Å². The van der Waals surface area contributed by atoms with Crippen molar-refractivity contribution < 1.29 is 19.2 Å². The van der Waals surface area contributed by atoms with Crippen molar-refractivity contribution in [2.24, 2.45) is 0 Å². The highest BCUT2D eigenvalue weighted by Gasteiger charge is 2.00. The molecule has 3 N–H and O–H groups in total. The molecule has 0 aliphatic heterocycles. The average molecular weight is 276 g/mol. The standard InChI is InChI=1S/C8H18S2.H3O4P/c1-3-5-7-9-10-8-6-4-2;1-5(2,3)4/h3-8H2,1-2H3;(H3,1,2,3,4). The monoisotopic (exact) mass is 276 g/mol. The maximum Gasteiger partial charge on any atom is 0.466 e. The van der Waals surface area contributed by atoms with Gasteiger partial charge in [-0.05, 0) is 12.8 Å². The van der Waals surface area contributed by atoms with Crippen LogP contribution in [0.5, 0.6) is 0 Å². The third-order valence-electron chi connectivity index (χ3n) is 1.25. The zero-order valence-electron chi connectivity index (χ0n) is 9.26. The Balaban J connectivity index is 0. The van der Waals surface area contributed by atoms with Crippen molar-refractivity contribution in [3.8, 4) is 0 Å². The summed E-state index contributed by atoms with van der Waals surface area (Å²) in [5.41, 5.74) is 0. The van der Waals surface area contributed by atoms with E-state index in [1.54, 1.807) is 0 Å². The smallest absolute Gasteiger partial charge is 0.303 e. The first-order valence-corrected chi connectivity index (χ1v) is 8.99. The van der Waals surface area contributed by atoms with E-state index in [1.807, 2.05) is 21.6 Å². The van der Waals surface area contributed by atoms with Gasteiger partial charge in [-0.15, -0.1) is 0 Å². The van der Waals surface area contributed by atoms with Gasteiger partial charge < -0.3 is 14.7 Å². The van der Waals surface area contributed by atoms with Crippen molar-refractivity contribution in [3.05, 3.63) is 0 Å². The molecule has 0 aromatic rings. The van der Waals surface area contributed by atoms with Crippen molar-refractivity contribution in [1.82, 2.24) is 0 Å². The molecular formula is C8H21O4PS2. The van der Waals surface area contributed by atoms with Crippen molar-refractivity contribution in [1.29, 1.82) is 0 Å². The zero-order chi connectivity index (χ0) is 12.2. The average Bonchev–Trinajstić information content (AvgIpc) is 2.08. The Morgan fingerprint density at radius 3 is 1.40 bits per heavy atom. The second kappa shape index (κ2) is 12.9. The van der Waals surface area contributed by atoms with Crippen molar-refractivity contribution in [3.63, 3.8) is 0 Å². The SMILES string of the molecule is CCCCSSCCCC.O=P(O)(O)O. The minimum Gasteiger partial charge on any atom is -0.303 e. The van der Waals surface area contributed by atoms with E-state index in [1.165, 1.54) is 37.2 Å². The van der Waals surface area contributed by atoms with E-state index < -0.39 is 7.82 Å². The van der Waals surface area contributed by atoms with E-state index >= 15 is 0 Å². The molecule has 94 valence electrons. The Morgan fingerprint density at radius 1 is 0.933 bits per heavy atom. The van der Waals surface area contributed by atoms with Crippen LogP contribution in [0.4, 0.5) is 0 Å². The lowest BCUT2D eigenvalue weighted by molar-refractivity contribution is 0.275. The molecule has 4 nitrogen and oxygen atoms in total. The molecule has 0 radical (unpaired) electrons. The van der Waals surface area contributed by atoms with Gasteiger partial charge in [0.2, 0.25) is 0 Å². The highest BCUT2D eigenvalue weighted by Crippen LogP contribution is 2.25. The summed E-state index contributed by atoms with van der Waals surface area (Å²) in [7, 11) is -0.570. The molecule has 0 aromatic carbocycles. The first-order valence-electron chi connectivity index (χ1n) is 4.94. The predicted molar refractivity (Wildman–Crippen MR) is 69.0 cm³/mol. The maximum absolute atomic E-state index is 8.88. The Bertz CT molecular complexity index is 146. The Labute approximate surface area is 99.9 Å². The summed E-state index contributed by atoms with van der Waals surface area (Å²) < 4.78 is 8.88. The Morgan fingerprint density at radius 2 is 1.20 bits per heavy atom. The van der Waals surface area contributed by atoms with Gasteiger partial charge in [0.1, 0.15) is 0 Å². The highest BCUT2D eigenvalue weighted by molar-refractivity contribution is 8.76. The van der Waals surface area contributed by atoms with E-state index in [9.17, 15) is 0 Å². The summed E-state index contributed by atoms with van der Waals surface area (Å²) in [6, 6.07) is 0. The van der Waals surface area contributed by atoms with Gasteiger partial charge >= 0.3 is 7.82 Å². The second-order valence-corrected chi connectivity index (χ2v) is 6.59. The lowest BCUT2D eigenvalue weighted by Crippen LogP contribution is -1.76. The first kappa shape index (κ1) is 18.2. The van der Waals surface area contributed by atoms with E-state index in [4.69, 9.17) is 19.2 Å². The third kappa shape index (κ3) is 39.8. The fourth-order valence-electron chi connectivity index (χ4n) is 0.524. The number of unbranched alkanes of at least 4 members (excludes halogenated alkanes) is 2. The van der Waals surface area contributed by atoms with Gasteiger partial charge in [-0.2, -0.15) is 0 Å². The number of hydrogen-bond acceptors (Lipinski definition) is 3. The lowest BCUT2D eigenvalue weighted by Gasteiger charge is -1.97. The van der Waals surface area contributed by atoms with Crippen LogP contribution >= 0.6 is 29.4 Å². The molecule has 0 atom stereocenters. The fraction of sp³-hybridized carbons (Fsp3) is 1.00. The molecule has 0 saturated carbocycles. The van der Waals surface area contributed by atoms with Crippen molar-refractivity contribution in [2.45, 2.75) is 39.5 Å². The van der Waals surface area contributed by atoms with Gasteiger partial charge in [-0.25, -0.2) is 4.57 Å². The van der Waals surface area contributed by atoms with E-state index in [0.29, 0.717) is 0 Å². The third-order valence-corrected chi connectivity index (χ3v) is 3.82. The van der Waals surface area contributed by atoms with Crippen LogP contribution in [0.15, 0.2) is 0 Å². The molecule has 0 aliphatic carbocycles. The summed E-state index contributed by atoms with van der Waals surface area (Å²) >= 11 is 0. The van der Waals surface area contributed by atoms with Crippen LogP contribution in [-0.2, 0) is 4.57 Å². The molecule has 0 fully saturated rings. The molecule has 0 saturated heterocycles. The topological polar surface area (TPSA) is 77.8 Å². The normalized spacial score (nSPS) is 10.7. The number of rotatable bonds is 7. The van der Waals surface area contributed by atoms with E-state index in [2.05, 4.69) is 13.8 Å². The second-order valence-electron chi connectivity index (χ2n) is 2.86. The van der Waals surface area contributed by atoms with Gasteiger partial charge in [0.25, 0.3) is 0 Å². The predicted octanol–water partition coefficient (Wildman–Crippen LogP) is 3.04. The van der Waals surface area contributed by atoms with E-state index in [-0.39, 0.29) is 0 Å². The number of hydrogen-bond donors (Lipinski definition) is 3. The summed E-state index contributed by atoms with van der Waals surface area (Å²) in [5, 5.41) is 0. The molecule has 0 rings (SSSR count). The molecule has 7 heteroatoms. The molecule has 0 heterocycles. The molecular weight excluding hydrogens is 255 g/mol. The molecule has 0 aliphatic rings. The molecule has 0 unspecified atom stereocenters. The summed E-state index contributed by atoms with van der Waals surface area (Å²) in [4.78, 5) is 21.6. The lowest BCUT2D eigenvalue weighted by atomic mass is 10.4. The minimum absolute atomic E-state index is 1.33. The van der Waals surface area contributed by atoms with Crippen molar-refractivity contribution >= 4 is 29.4 Å². The Kier molecular flexibility index (Phi) is 15.6. The fourth-order valence-corrected chi connectivity index (χ4v) is 2.99. The number of phosphoric acid groups is 1. The van der Waals surface area contributed by atoms with Crippen LogP contribution in [0.1, 0.15) is 39.5 Å². The van der Waals surface area contributed by atoms with Crippen LogP contribution < -0.4 is 0 Å². The van der Waals surface area contributed by atoms with Gasteiger partial charge in [-0.1, -0.05) is 48.3 Å². The molecule has 0 spiro atoms. The maximum atomic E-state index is 8.88. The zero-order valence-corrected chi connectivity index (χ0v) is 11.8. The van der Waals surface area contributed by atoms with Crippen LogP contribution in [0, 0.1) is 0 Å².